The fraction of sp³-hybridized carbons (Fsp3) is 0.222. The maximum absolute atomic E-state index is 12.9. The summed E-state index contributed by atoms with van der Waals surface area (Å²) in [5, 5.41) is 8.04. The Morgan fingerprint density at radius 2 is 2.03 bits per heavy atom. The molecule has 1 aliphatic heterocycles. The van der Waals surface area contributed by atoms with E-state index in [9.17, 15) is 13.2 Å². The second-order valence-electron chi connectivity index (χ2n) is 6.57. The number of fused-ring (bicyclic) bond motifs is 5. The SMILES string of the molecule is COc1ccc2c(c1)-c1nn(C)cc1Cc1c(-c3noc(C(F)(F)F)n3)ncn1-2. The average Bonchev–Trinajstić information content (AvgIpc) is 3.38. The Balaban J connectivity index is 1.72. The van der Waals surface area contributed by atoms with Crippen LogP contribution < -0.4 is 4.74 Å². The maximum atomic E-state index is 12.9. The van der Waals surface area contributed by atoms with Crippen LogP contribution in [0, 0.1) is 0 Å². The van der Waals surface area contributed by atoms with Gasteiger partial charge in [-0.15, -0.1) is 0 Å². The van der Waals surface area contributed by atoms with Gasteiger partial charge in [0.05, 0.1) is 24.2 Å². The zero-order chi connectivity index (χ0) is 20.3. The maximum Gasteiger partial charge on any atom is 0.471 e. The minimum atomic E-state index is -4.72. The summed E-state index contributed by atoms with van der Waals surface area (Å²) in [5.41, 5.74) is 4.12. The van der Waals surface area contributed by atoms with Gasteiger partial charge >= 0.3 is 12.1 Å². The first kappa shape index (κ1) is 17.5. The van der Waals surface area contributed by atoms with E-state index in [1.807, 2.05) is 18.3 Å². The van der Waals surface area contributed by atoms with Crippen molar-refractivity contribution in [2.75, 3.05) is 7.11 Å². The van der Waals surface area contributed by atoms with Crippen molar-refractivity contribution < 1.29 is 22.4 Å². The molecule has 4 heterocycles. The lowest BCUT2D eigenvalue weighted by Crippen LogP contribution is -2.05. The zero-order valence-electron chi connectivity index (χ0n) is 15.2. The first-order valence-corrected chi connectivity index (χ1v) is 8.54. The lowest BCUT2D eigenvalue weighted by atomic mass is 10.0. The van der Waals surface area contributed by atoms with Gasteiger partial charge in [-0.25, -0.2) is 4.98 Å². The van der Waals surface area contributed by atoms with Crippen LogP contribution in [-0.2, 0) is 19.6 Å². The summed E-state index contributed by atoms with van der Waals surface area (Å²) in [5.74, 6) is -0.958. The van der Waals surface area contributed by atoms with Crippen LogP contribution in [0.1, 0.15) is 17.1 Å². The standard InChI is InChI=1S/C18H13F3N6O2/c1-26-7-9-5-13-15(16-23-17(29-25-16)18(19,20)21)22-8-27(13)12-4-3-10(28-2)6-11(12)14(9)24-26/h3-4,6-8H,5H2,1-2H3. The summed E-state index contributed by atoms with van der Waals surface area (Å²) in [7, 11) is 3.38. The van der Waals surface area contributed by atoms with Crippen molar-refractivity contribution in [1.82, 2.24) is 29.5 Å². The first-order valence-electron chi connectivity index (χ1n) is 8.54. The number of nitrogens with zero attached hydrogens (tertiary/aromatic N) is 6. The summed E-state index contributed by atoms with van der Waals surface area (Å²) in [6, 6.07) is 5.52. The van der Waals surface area contributed by atoms with Gasteiger partial charge in [-0.1, -0.05) is 5.16 Å². The van der Waals surface area contributed by atoms with E-state index in [1.165, 1.54) is 6.33 Å². The van der Waals surface area contributed by atoms with E-state index in [-0.39, 0.29) is 11.5 Å². The summed E-state index contributed by atoms with van der Waals surface area (Å²) < 4.78 is 51.8. The Labute approximate surface area is 161 Å². The fourth-order valence-corrected chi connectivity index (χ4v) is 3.49. The third kappa shape index (κ3) is 2.69. The third-order valence-corrected chi connectivity index (χ3v) is 4.73. The molecule has 0 unspecified atom stereocenters. The molecule has 0 aliphatic carbocycles. The molecule has 11 heteroatoms. The minimum absolute atomic E-state index is 0.214. The van der Waals surface area contributed by atoms with E-state index in [1.54, 1.807) is 29.5 Å². The largest absolute Gasteiger partial charge is 0.497 e. The van der Waals surface area contributed by atoms with Gasteiger partial charge in [-0.05, 0) is 18.2 Å². The molecule has 148 valence electrons. The Kier molecular flexibility index (Phi) is 3.57. The van der Waals surface area contributed by atoms with Gasteiger partial charge in [0.15, 0.2) is 0 Å². The number of alkyl halides is 3. The molecule has 0 bridgehead atoms. The van der Waals surface area contributed by atoms with Gasteiger partial charge in [-0.3, -0.25) is 4.68 Å². The van der Waals surface area contributed by atoms with Crippen molar-refractivity contribution in [2.45, 2.75) is 12.6 Å². The van der Waals surface area contributed by atoms with Gasteiger partial charge in [-0.2, -0.15) is 23.3 Å². The second kappa shape index (κ2) is 5.93. The number of rotatable bonds is 2. The van der Waals surface area contributed by atoms with E-state index in [4.69, 9.17) is 4.74 Å². The van der Waals surface area contributed by atoms with E-state index >= 15 is 0 Å². The number of imidazole rings is 1. The number of halogens is 3. The topological polar surface area (TPSA) is 83.8 Å². The van der Waals surface area contributed by atoms with Crippen molar-refractivity contribution in [1.29, 1.82) is 0 Å². The first-order chi connectivity index (χ1) is 13.8. The van der Waals surface area contributed by atoms with E-state index < -0.39 is 12.1 Å². The van der Waals surface area contributed by atoms with Crippen LogP contribution in [-0.4, -0.2) is 36.6 Å². The summed E-state index contributed by atoms with van der Waals surface area (Å²) >= 11 is 0. The predicted octanol–water partition coefficient (Wildman–Crippen LogP) is 3.25. The molecule has 0 fully saturated rings. The van der Waals surface area contributed by atoms with Crippen LogP contribution in [0.15, 0.2) is 35.2 Å². The summed E-state index contributed by atoms with van der Waals surface area (Å²) in [6.45, 7) is 0. The van der Waals surface area contributed by atoms with Gasteiger partial charge in [0.2, 0.25) is 5.82 Å². The van der Waals surface area contributed by atoms with E-state index in [2.05, 4.69) is 24.7 Å². The molecule has 0 atom stereocenters. The van der Waals surface area contributed by atoms with Crippen molar-refractivity contribution in [3.05, 3.63) is 47.9 Å². The summed E-state index contributed by atoms with van der Waals surface area (Å²) in [4.78, 5) is 7.77. The Hall–Kier alpha value is -3.63. The highest BCUT2D eigenvalue weighted by atomic mass is 19.4. The molecule has 1 aliphatic rings. The molecular weight excluding hydrogens is 389 g/mol. The Morgan fingerprint density at radius 1 is 1.21 bits per heavy atom. The molecule has 0 N–H and O–H groups in total. The zero-order valence-corrected chi connectivity index (χ0v) is 15.2. The van der Waals surface area contributed by atoms with Gasteiger partial charge in [0.1, 0.15) is 17.8 Å². The van der Waals surface area contributed by atoms with Crippen LogP contribution in [0.25, 0.3) is 28.5 Å². The quantitative estimate of drug-likeness (QED) is 0.451. The molecule has 8 nitrogen and oxygen atoms in total. The van der Waals surface area contributed by atoms with Crippen LogP contribution >= 0.6 is 0 Å². The van der Waals surface area contributed by atoms with E-state index in [0.717, 1.165) is 22.5 Å². The lowest BCUT2D eigenvalue weighted by molar-refractivity contribution is -0.159. The average molecular weight is 402 g/mol. The predicted molar refractivity (Wildman–Crippen MR) is 93.4 cm³/mol. The number of aromatic nitrogens is 6. The molecule has 0 radical (unpaired) electrons. The molecule has 0 saturated heterocycles. The molecule has 4 aromatic rings. The molecule has 0 amide bonds. The van der Waals surface area contributed by atoms with Crippen molar-refractivity contribution in [2.24, 2.45) is 7.05 Å². The Bertz CT molecular complexity index is 1240. The number of ether oxygens (including phenoxy) is 1. The highest BCUT2D eigenvalue weighted by Gasteiger charge is 2.39. The van der Waals surface area contributed by atoms with Crippen molar-refractivity contribution in [3.8, 4) is 34.2 Å². The molecular formula is C18H13F3N6O2. The fourth-order valence-electron chi connectivity index (χ4n) is 3.49. The lowest BCUT2D eigenvalue weighted by Gasteiger charge is -2.11. The normalized spacial score (nSPS) is 12.9. The number of aryl methyl sites for hydroxylation is 1. The van der Waals surface area contributed by atoms with Crippen LogP contribution in [0.5, 0.6) is 5.75 Å². The van der Waals surface area contributed by atoms with Gasteiger partial charge in [0, 0.05) is 30.8 Å². The van der Waals surface area contributed by atoms with Crippen LogP contribution in [0.2, 0.25) is 0 Å². The molecule has 0 spiro atoms. The number of hydrogen-bond donors (Lipinski definition) is 0. The third-order valence-electron chi connectivity index (χ3n) is 4.73. The minimum Gasteiger partial charge on any atom is -0.497 e. The second-order valence-corrected chi connectivity index (χ2v) is 6.57. The summed E-state index contributed by atoms with van der Waals surface area (Å²) in [6.07, 6.45) is -0.944. The molecule has 1 aromatic carbocycles. The molecule has 0 saturated carbocycles. The number of methoxy groups -OCH3 is 1. The number of benzene rings is 1. The molecule has 3 aromatic heterocycles. The van der Waals surface area contributed by atoms with Crippen LogP contribution in [0.4, 0.5) is 13.2 Å². The smallest absolute Gasteiger partial charge is 0.471 e. The Morgan fingerprint density at radius 3 is 2.76 bits per heavy atom. The molecule has 29 heavy (non-hydrogen) atoms. The van der Waals surface area contributed by atoms with Crippen molar-refractivity contribution >= 4 is 0 Å². The van der Waals surface area contributed by atoms with E-state index in [0.29, 0.717) is 17.9 Å². The van der Waals surface area contributed by atoms with Gasteiger partial charge in [0.25, 0.3) is 0 Å². The molecule has 5 rings (SSSR count). The highest BCUT2D eigenvalue weighted by Crippen LogP contribution is 2.39. The highest BCUT2D eigenvalue weighted by molar-refractivity contribution is 5.77. The van der Waals surface area contributed by atoms with Crippen LogP contribution in [0.3, 0.4) is 0 Å². The van der Waals surface area contributed by atoms with Crippen molar-refractivity contribution in [3.63, 3.8) is 0 Å². The monoisotopic (exact) mass is 402 g/mol. The van der Waals surface area contributed by atoms with Gasteiger partial charge < -0.3 is 13.8 Å². The number of hydrogen-bond acceptors (Lipinski definition) is 6.